The van der Waals surface area contributed by atoms with E-state index in [1.54, 1.807) is 12.1 Å². The van der Waals surface area contributed by atoms with Gasteiger partial charge in [0.05, 0.1) is 11.3 Å². The lowest BCUT2D eigenvalue weighted by Gasteiger charge is -2.03. The van der Waals surface area contributed by atoms with E-state index in [1.807, 2.05) is 0 Å². The SMILES string of the molecule is O=C(Nc1cc(-c2cc(F)ccc2O)[nH]n1)c1ccccc1O. The number of H-pyrrole nitrogens is 1. The lowest BCUT2D eigenvalue weighted by atomic mass is 10.1. The van der Waals surface area contributed by atoms with E-state index in [0.717, 1.165) is 12.1 Å². The maximum atomic E-state index is 13.3. The molecule has 4 N–H and O–H groups in total. The van der Waals surface area contributed by atoms with Crippen LogP contribution < -0.4 is 5.32 Å². The van der Waals surface area contributed by atoms with Crippen molar-refractivity contribution in [2.75, 3.05) is 5.32 Å². The first-order valence-electron chi connectivity index (χ1n) is 6.68. The van der Waals surface area contributed by atoms with E-state index in [0.29, 0.717) is 5.69 Å². The molecule has 2 aromatic carbocycles. The molecule has 1 heterocycles. The highest BCUT2D eigenvalue weighted by Gasteiger charge is 2.14. The first kappa shape index (κ1) is 14.6. The number of hydrogen-bond donors (Lipinski definition) is 4. The van der Waals surface area contributed by atoms with Crippen LogP contribution in [0.4, 0.5) is 10.2 Å². The molecular weight excluding hydrogens is 301 g/mol. The first-order valence-corrected chi connectivity index (χ1v) is 6.68. The third-order valence-corrected chi connectivity index (χ3v) is 3.22. The lowest BCUT2D eigenvalue weighted by molar-refractivity contribution is 0.102. The summed E-state index contributed by atoms with van der Waals surface area (Å²) in [6, 6.07) is 11.1. The number of amides is 1. The number of rotatable bonds is 3. The third-order valence-electron chi connectivity index (χ3n) is 3.22. The molecule has 0 bridgehead atoms. The van der Waals surface area contributed by atoms with Gasteiger partial charge in [-0.3, -0.25) is 9.89 Å². The van der Waals surface area contributed by atoms with Crippen molar-refractivity contribution in [3.05, 3.63) is 59.9 Å². The van der Waals surface area contributed by atoms with Crippen LogP contribution in [0, 0.1) is 5.82 Å². The van der Waals surface area contributed by atoms with E-state index in [2.05, 4.69) is 15.5 Å². The Morgan fingerprint density at radius 1 is 1.09 bits per heavy atom. The van der Waals surface area contributed by atoms with Gasteiger partial charge in [-0.05, 0) is 30.3 Å². The minimum absolute atomic E-state index is 0.102. The van der Waals surface area contributed by atoms with Crippen LogP contribution in [0.5, 0.6) is 11.5 Å². The minimum Gasteiger partial charge on any atom is -0.507 e. The van der Waals surface area contributed by atoms with Crippen LogP contribution in [0.15, 0.2) is 48.5 Å². The van der Waals surface area contributed by atoms with Crippen molar-refractivity contribution in [3.8, 4) is 22.8 Å². The van der Waals surface area contributed by atoms with Gasteiger partial charge in [0.15, 0.2) is 5.82 Å². The number of para-hydroxylation sites is 1. The summed E-state index contributed by atoms with van der Waals surface area (Å²) in [6.07, 6.45) is 0. The molecular formula is C16H12FN3O3. The van der Waals surface area contributed by atoms with Crippen LogP contribution in [-0.2, 0) is 0 Å². The molecule has 1 aromatic heterocycles. The Morgan fingerprint density at radius 3 is 2.65 bits per heavy atom. The van der Waals surface area contributed by atoms with Crippen molar-refractivity contribution in [2.45, 2.75) is 0 Å². The number of aromatic amines is 1. The van der Waals surface area contributed by atoms with Gasteiger partial charge in [0.1, 0.15) is 17.3 Å². The Morgan fingerprint density at radius 2 is 1.87 bits per heavy atom. The van der Waals surface area contributed by atoms with Crippen LogP contribution in [0.2, 0.25) is 0 Å². The largest absolute Gasteiger partial charge is 0.507 e. The van der Waals surface area contributed by atoms with Gasteiger partial charge in [0, 0.05) is 11.6 Å². The fourth-order valence-electron chi connectivity index (χ4n) is 2.10. The minimum atomic E-state index is -0.537. The molecule has 116 valence electrons. The van der Waals surface area contributed by atoms with E-state index >= 15 is 0 Å². The van der Waals surface area contributed by atoms with Crippen LogP contribution >= 0.6 is 0 Å². The van der Waals surface area contributed by atoms with Gasteiger partial charge in [-0.2, -0.15) is 5.10 Å². The molecule has 1 amide bonds. The number of halogens is 1. The summed E-state index contributed by atoms with van der Waals surface area (Å²) in [4.78, 5) is 12.1. The molecule has 0 atom stereocenters. The zero-order valence-electron chi connectivity index (χ0n) is 11.7. The molecule has 0 unspecified atom stereocenters. The predicted octanol–water partition coefficient (Wildman–Crippen LogP) is 2.88. The molecule has 0 fully saturated rings. The predicted molar refractivity (Wildman–Crippen MR) is 81.7 cm³/mol. The summed E-state index contributed by atoms with van der Waals surface area (Å²) >= 11 is 0. The second kappa shape index (κ2) is 5.80. The number of carbonyl (C=O) groups is 1. The van der Waals surface area contributed by atoms with Gasteiger partial charge in [-0.15, -0.1) is 0 Å². The number of benzene rings is 2. The lowest BCUT2D eigenvalue weighted by Crippen LogP contribution is -2.12. The maximum Gasteiger partial charge on any atom is 0.260 e. The second-order valence-electron chi connectivity index (χ2n) is 4.80. The molecule has 7 heteroatoms. The Hall–Kier alpha value is -3.35. The van der Waals surface area contributed by atoms with Crippen molar-refractivity contribution >= 4 is 11.7 Å². The molecule has 23 heavy (non-hydrogen) atoms. The van der Waals surface area contributed by atoms with Crippen molar-refractivity contribution in [1.82, 2.24) is 10.2 Å². The van der Waals surface area contributed by atoms with Crippen molar-refractivity contribution in [3.63, 3.8) is 0 Å². The molecule has 0 aliphatic heterocycles. The van der Waals surface area contributed by atoms with E-state index in [1.165, 1.54) is 24.3 Å². The number of anilines is 1. The summed E-state index contributed by atoms with van der Waals surface area (Å²) in [5.74, 6) is -1.13. The highest BCUT2D eigenvalue weighted by molar-refractivity contribution is 6.05. The number of phenols is 2. The number of aromatic hydroxyl groups is 2. The molecule has 6 nitrogen and oxygen atoms in total. The second-order valence-corrected chi connectivity index (χ2v) is 4.80. The average molecular weight is 313 g/mol. The van der Waals surface area contributed by atoms with Gasteiger partial charge in [0.25, 0.3) is 5.91 Å². The molecule has 3 aromatic rings. The zero-order valence-corrected chi connectivity index (χ0v) is 11.7. The van der Waals surface area contributed by atoms with Crippen LogP contribution in [0.3, 0.4) is 0 Å². The van der Waals surface area contributed by atoms with Crippen LogP contribution in [-0.4, -0.2) is 26.3 Å². The number of phenolic OH excluding ortho intramolecular Hbond substituents is 2. The topological polar surface area (TPSA) is 98.2 Å². The zero-order chi connectivity index (χ0) is 16.4. The molecule has 0 saturated heterocycles. The highest BCUT2D eigenvalue weighted by Crippen LogP contribution is 2.29. The number of nitrogens with one attached hydrogen (secondary N) is 2. The van der Waals surface area contributed by atoms with E-state index in [4.69, 9.17) is 0 Å². The van der Waals surface area contributed by atoms with E-state index in [9.17, 15) is 19.4 Å². The van der Waals surface area contributed by atoms with E-state index in [-0.39, 0.29) is 28.4 Å². The van der Waals surface area contributed by atoms with Gasteiger partial charge in [-0.25, -0.2) is 4.39 Å². The smallest absolute Gasteiger partial charge is 0.260 e. The Bertz CT molecular complexity index is 877. The van der Waals surface area contributed by atoms with Crippen molar-refractivity contribution in [2.24, 2.45) is 0 Å². The van der Waals surface area contributed by atoms with Gasteiger partial charge < -0.3 is 15.5 Å². The summed E-state index contributed by atoms with van der Waals surface area (Å²) in [6.45, 7) is 0. The van der Waals surface area contributed by atoms with E-state index < -0.39 is 11.7 Å². The Kier molecular flexibility index (Phi) is 3.68. The molecule has 0 aliphatic carbocycles. The Labute approximate surface area is 130 Å². The quantitative estimate of drug-likeness (QED) is 0.597. The summed E-state index contributed by atoms with van der Waals surface area (Å²) in [5.41, 5.74) is 0.667. The molecule has 0 aliphatic rings. The van der Waals surface area contributed by atoms with Gasteiger partial charge >= 0.3 is 0 Å². The normalized spacial score (nSPS) is 10.5. The number of nitrogens with zero attached hydrogens (tertiary/aromatic N) is 1. The monoisotopic (exact) mass is 313 g/mol. The average Bonchev–Trinajstić information content (AvgIpc) is 2.98. The molecule has 3 rings (SSSR count). The van der Waals surface area contributed by atoms with Crippen molar-refractivity contribution < 1.29 is 19.4 Å². The molecule has 0 spiro atoms. The van der Waals surface area contributed by atoms with Crippen LogP contribution in [0.25, 0.3) is 11.3 Å². The molecule has 0 radical (unpaired) electrons. The number of carbonyl (C=O) groups excluding carboxylic acids is 1. The van der Waals surface area contributed by atoms with Crippen LogP contribution in [0.1, 0.15) is 10.4 Å². The number of hydrogen-bond acceptors (Lipinski definition) is 4. The van der Waals surface area contributed by atoms with Gasteiger partial charge in [-0.1, -0.05) is 12.1 Å². The first-order chi connectivity index (χ1) is 11.0. The third kappa shape index (κ3) is 2.98. The number of aromatic nitrogens is 2. The van der Waals surface area contributed by atoms with Crippen molar-refractivity contribution in [1.29, 1.82) is 0 Å². The fraction of sp³-hybridized carbons (Fsp3) is 0. The maximum absolute atomic E-state index is 13.3. The summed E-state index contributed by atoms with van der Waals surface area (Å²) in [7, 11) is 0. The standard InChI is InChI=1S/C16H12FN3O3/c17-9-5-6-14(22)11(7-9)12-8-15(20-19-12)18-16(23)10-3-1-2-4-13(10)21/h1-8,21-22H,(H2,18,19,20,23). The summed E-state index contributed by atoms with van der Waals surface area (Å²) < 4.78 is 13.3. The van der Waals surface area contributed by atoms with Gasteiger partial charge in [0.2, 0.25) is 0 Å². The molecule has 0 saturated carbocycles. The fourth-order valence-corrected chi connectivity index (χ4v) is 2.10. The highest BCUT2D eigenvalue weighted by atomic mass is 19.1. The Balaban J connectivity index is 1.84. The summed E-state index contributed by atoms with van der Waals surface area (Å²) in [5, 5.41) is 28.4.